The highest BCUT2D eigenvalue weighted by atomic mass is 19.1. The Morgan fingerprint density at radius 1 is 1.21 bits per heavy atom. The van der Waals surface area contributed by atoms with Crippen molar-refractivity contribution in [3.63, 3.8) is 0 Å². The number of nitrogens with two attached hydrogens (primary N) is 1. The number of nitrogens with zero attached hydrogens (tertiary/aromatic N) is 1. The molecule has 1 unspecified atom stereocenters. The minimum Gasteiger partial charge on any atom is -0.322 e. The van der Waals surface area contributed by atoms with Crippen molar-refractivity contribution >= 4 is 0 Å². The first kappa shape index (κ1) is 13.6. The summed E-state index contributed by atoms with van der Waals surface area (Å²) >= 11 is 0. The maximum Gasteiger partial charge on any atom is 0.129 e. The maximum atomic E-state index is 13.6. The van der Waals surface area contributed by atoms with Crippen LogP contribution in [0.15, 0.2) is 30.5 Å². The van der Waals surface area contributed by atoms with Crippen molar-refractivity contribution in [2.24, 2.45) is 5.73 Å². The number of hydrogen-bond acceptors (Lipinski definition) is 2. The Labute approximate surface area is 111 Å². The Hall–Kier alpha value is -1.81. The van der Waals surface area contributed by atoms with Gasteiger partial charge < -0.3 is 5.73 Å². The Morgan fingerprint density at radius 2 is 1.84 bits per heavy atom. The van der Waals surface area contributed by atoms with Crippen LogP contribution in [0.1, 0.15) is 28.4 Å². The largest absolute Gasteiger partial charge is 0.322 e. The molecular weight excluding hydrogens is 246 g/mol. The highest BCUT2D eigenvalue weighted by Crippen LogP contribution is 2.21. The monoisotopic (exact) mass is 262 g/mol. The summed E-state index contributed by atoms with van der Waals surface area (Å²) in [4.78, 5) is 4.26. The number of aryl methyl sites for hydroxylation is 2. The standard InChI is InChI=1S/C15H16F2N2/c1-9-6-10(2)15(19-8-9)14(18)7-11-12(16)4-3-5-13(11)17/h3-6,8,14H,7,18H2,1-2H3. The molecule has 19 heavy (non-hydrogen) atoms. The first-order chi connectivity index (χ1) is 8.99. The minimum absolute atomic E-state index is 0.0109. The summed E-state index contributed by atoms with van der Waals surface area (Å²) < 4.78 is 27.2. The van der Waals surface area contributed by atoms with E-state index in [2.05, 4.69) is 4.98 Å². The molecule has 1 heterocycles. The fourth-order valence-electron chi connectivity index (χ4n) is 2.16. The molecule has 1 atom stereocenters. The van der Waals surface area contributed by atoms with Gasteiger partial charge in [0, 0.05) is 11.8 Å². The van der Waals surface area contributed by atoms with Crippen LogP contribution < -0.4 is 5.73 Å². The predicted molar refractivity (Wildman–Crippen MR) is 70.7 cm³/mol. The maximum absolute atomic E-state index is 13.6. The third-order valence-corrected chi connectivity index (χ3v) is 3.09. The van der Waals surface area contributed by atoms with Crippen LogP contribution in [0.5, 0.6) is 0 Å². The smallest absolute Gasteiger partial charge is 0.129 e. The van der Waals surface area contributed by atoms with E-state index in [1.165, 1.54) is 18.2 Å². The fraction of sp³-hybridized carbons (Fsp3) is 0.267. The number of pyridine rings is 1. The van der Waals surface area contributed by atoms with Crippen molar-refractivity contribution in [3.8, 4) is 0 Å². The van der Waals surface area contributed by atoms with Gasteiger partial charge in [-0.05, 0) is 43.5 Å². The van der Waals surface area contributed by atoms with Gasteiger partial charge in [-0.3, -0.25) is 4.98 Å². The third-order valence-electron chi connectivity index (χ3n) is 3.09. The van der Waals surface area contributed by atoms with Crippen LogP contribution in [0.3, 0.4) is 0 Å². The zero-order chi connectivity index (χ0) is 14.0. The van der Waals surface area contributed by atoms with E-state index in [0.29, 0.717) is 5.69 Å². The molecule has 0 aliphatic rings. The molecule has 2 nitrogen and oxygen atoms in total. The van der Waals surface area contributed by atoms with Crippen molar-refractivity contribution in [1.82, 2.24) is 4.98 Å². The Kier molecular flexibility index (Phi) is 3.90. The van der Waals surface area contributed by atoms with Crippen molar-refractivity contribution in [1.29, 1.82) is 0 Å². The third kappa shape index (κ3) is 2.96. The van der Waals surface area contributed by atoms with Gasteiger partial charge in [0.2, 0.25) is 0 Å². The molecule has 2 rings (SSSR count). The van der Waals surface area contributed by atoms with Gasteiger partial charge in [-0.2, -0.15) is 0 Å². The van der Waals surface area contributed by atoms with Crippen molar-refractivity contribution in [2.45, 2.75) is 26.3 Å². The summed E-state index contributed by atoms with van der Waals surface area (Å²) in [5, 5.41) is 0. The van der Waals surface area contributed by atoms with Crippen LogP contribution in [-0.2, 0) is 6.42 Å². The van der Waals surface area contributed by atoms with Gasteiger partial charge in [0.15, 0.2) is 0 Å². The number of halogens is 2. The van der Waals surface area contributed by atoms with Gasteiger partial charge >= 0.3 is 0 Å². The zero-order valence-corrected chi connectivity index (χ0v) is 11.0. The summed E-state index contributed by atoms with van der Waals surface area (Å²) in [6.07, 6.45) is 1.80. The highest BCUT2D eigenvalue weighted by Gasteiger charge is 2.16. The fourth-order valence-corrected chi connectivity index (χ4v) is 2.16. The van der Waals surface area contributed by atoms with Crippen LogP contribution >= 0.6 is 0 Å². The lowest BCUT2D eigenvalue weighted by Crippen LogP contribution is -2.18. The topological polar surface area (TPSA) is 38.9 Å². The summed E-state index contributed by atoms with van der Waals surface area (Å²) in [5.74, 6) is -1.14. The molecule has 4 heteroatoms. The van der Waals surface area contributed by atoms with Gasteiger partial charge in [-0.1, -0.05) is 12.1 Å². The van der Waals surface area contributed by atoms with Crippen LogP contribution in [-0.4, -0.2) is 4.98 Å². The molecule has 0 amide bonds. The van der Waals surface area contributed by atoms with E-state index in [1.807, 2.05) is 19.9 Å². The van der Waals surface area contributed by atoms with Crippen LogP contribution in [0, 0.1) is 25.5 Å². The SMILES string of the molecule is Cc1cnc(C(N)Cc2c(F)cccc2F)c(C)c1. The molecule has 100 valence electrons. The number of rotatable bonds is 3. The van der Waals surface area contributed by atoms with Crippen molar-refractivity contribution < 1.29 is 8.78 Å². The van der Waals surface area contributed by atoms with E-state index in [4.69, 9.17) is 5.73 Å². The summed E-state index contributed by atoms with van der Waals surface area (Å²) in [6.45, 7) is 3.83. The lowest BCUT2D eigenvalue weighted by atomic mass is 9.99. The number of benzene rings is 1. The molecule has 0 bridgehead atoms. The Morgan fingerprint density at radius 3 is 2.42 bits per heavy atom. The first-order valence-electron chi connectivity index (χ1n) is 6.10. The second kappa shape index (κ2) is 5.45. The molecule has 0 saturated carbocycles. The van der Waals surface area contributed by atoms with Crippen LogP contribution in [0.4, 0.5) is 8.78 Å². The average Bonchev–Trinajstić information content (AvgIpc) is 2.33. The molecule has 0 aliphatic heterocycles. The van der Waals surface area contributed by atoms with Gasteiger partial charge in [0.1, 0.15) is 11.6 Å². The van der Waals surface area contributed by atoms with Crippen LogP contribution in [0.25, 0.3) is 0 Å². The molecule has 0 spiro atoms. The van der Waals surface area contributed by atoms with E-state index in [1.54, 1.807) is 6.20 Å². The summed E-state index contributed by atoms with van der Waals surface area (Å²) in [7, 11) is 0. The van der Waals surface area contributed by atoms with E-state index < -0.39 is 17.7 Å². The quantitative estimate of drug-likeness (QED) is 0.922. The molecule has 1 aromatic heterocycles. The number of aromatic nitrogens is 1. The molecule has 0 aliphatic carbocycles. The molecule has 0 radical (unpaired) electrons. The normalized spacial score (nSPS) is 12.5. The van der Waals surface area contributed by atoms with Crippen molar-refractivity contribution in [2.75, 3.05) is 0 Å². The first-order valence-corrected chi connectivity index (χ1v) is 6.10. The van der Waals surface area contributed by atoms with Gasteiger partial charge in [-0.15, -0.1) is 0 Å². The van der Waals surface area contributed by atoms with Gasteiger partial charge in [0.25, 0.3) is 0 Å². The minimum atomic E-state index is -0.569. The van der Waals surface area contributed by atoms with Crippen LogP contribution in [0.2, 0.25) is 0 Å². The summed E-state index contributed by atoms with van der Waals surface area (Å²) in [5.41, 5.74) is 8.67. The summed E-state index contributed by atoms with van der Waals surface area (Å²) in [6, 6.07) is 5.25. The Bertz CT molecular complexity index is 576. The van der Waals surface area contributed by atoms with Gasteiger partial charge in [0.05, 0.1) is 11.7 Å². The lowest BCUT2D eigenvalue weighted by Gasteiger charge is -2.15. The zero-order valence-electron chi connectivity index (χ0n) is 11.0. The van der Waals surface area contributed by atoms with Crippen molar-refractivity contribution in [3.05, 3.63) is 64.5 Å². The molecule has 0 saturated heterocycles. The van der Waals surface area contributed by atoms with E-state index in [9.17, 15) is 8.78 Å². The predicted octanol–water partition coefficient (Wildman–Crippen LogP) is 3.22. The van der Waals surface area contributed by atoms with Gasteiger partial charge in [-0.25, -0.2) is 8.78 Å². The van der Waals surface area contributed by atoms with E-state index in [0.717, 1.165) is 11.1 Å². The second-order valence-electron chi connectivity index (χ2n) is 4.73. The molecule has 2 N–H and O–H groups in total. The number of hydrogen-bond donors (Lipinski definition) is 1. The lowest BCUT2D eigenvalue weighted by molar-refractivity contribution is 0.536. The molecule has 0 fully saturated rings. The van der Waals surface area contributed by atoms with E-state index >= 15 is 0 Å². The molecule has 2 aromatic rings. The highest BCUT2D eigenvalue weighted by molar-refractivity contribution is 5.28. The Balaban J connectivity index is 2.28. The second-order valence-corrected chi connectivity index (χ2v) is 4.73. The molecule has 1 aromatic carbocycles. The molecular formula is C15H16F2N2. The average molecular weight is 262 g/mol. The van der Waals surface area contributed by atoms with E-state index in [-0.39, 0.29) is 12.0 Å².